The lowest BCUT2D eigenvalue weighted by Crippen LogP contribution is -2.24. The Morgan fingerprint density at radius 1 is 1.22 bits per heavy atom. The third-order valence-corrected chi connectivity index (χ3v) is 2.40. The van der Waals surface area contributed by atoms with Gasteiger partial charge in [-0.15, -0.1) is 0 Å². The van der Waals surface area contributed by atoms with Gasteiger partial charge in [0.2, 0.25) is 0 Å². The van der Waals surface area contributed by atoms with Gasteiger partial charge in [-0.1, -0.05) is 12.1 Å². The van der Waals surface area contributed by atoms with Crippen LogP contribution in [0.2, 0.25) is 0 Å². The molecule has 0 saturated heterocycles. The van der Waals surface area contributed by atoms with E-state index in [-0.39, 0.29) is 12.1 Å². The Kier molecular flexibility index (Phi) is 3.62. The molecule has 0 atom stereocenters. The van der Waals surface area contributed by atoms with Crippen molar-refractivity contribution in [2.75, 3.05) is 0 Å². The number of hydrogen-bond acceptors (Lipinski definition) is 3. The number of hydrogen-bond donors (Lipinski definition) is 1. The molecule has 92 valence electrons. The first-order valence-corrected chi connectivity index (χ1v) is 5.49. The largest absolute Gasteiger partial charge is 0.346 e. The zero-order chi connectivity index (χ0) is 13.0. The van der Waals surface area contributed by atoms with E-state index in [0.29, 0.717) is 5.69 Å². The molecule has 0 aliphatic rings. The highest BCUT2D eigenvalue weighted by Crippen LogP contribution is 2.06. The van der Waals surface area contributed by atoms with Crippen LogP contribution < -0.4 is 5.32 Å². The highest BCUT2D eigenvalue weighted by Gasteiger charge is 2.10. The summed E-state index contributed by atoms with van der Waals surface area (Å²) < 4.78 is 13.3. The van der Waals surface area contributed by atoms with Gasteiger partial charge >= 0.3 is 0 Å². The second kappa shape index (κ2) is 5.35. The molecule has 4 nitrogen and oxygen atoms in total. The summed E-state index contributed by atoms with van der Waals surface area (Å²) >= 11 is 0. The minimum Gasteiger partial charge on any atom is -0.346 e. The van der Waals surface area contributed by atoms with Crippen LogP contribution in [-0.4, -0.2) is 16.1 Å². The van der Waals surface area contributed by atoms with Crippen molar-refractivity contribution in [1.29, 1.82) is 0 Å². The maximum absolute atomic E-state index is 13.3. The fourth-order valence-corrected chi connectivity index (χ4v) is 1.43. The van der Waals surface area contributed by atoms with Crippen molar-refractivity contribution in [3.8, 4) is 0 Å². The summed E-state index contributed by atoms with van der Waals surface area (Å²) in [5.74, 6) is -1.000. The average Bonchev–Trinajstić information content (AvgIpc) is 2.38. The van der Waals surface area contributed by atoms with Gasteiger partial charge in [0, 0.05) is 0 Å². The molecule has 0 bridgehead atoms. The summed E-state index contributed by atoms with van der Waals surface area (Å²) in [6, 6.07) is 9.41. The van der Waals surface area contributed by atoms with Crippen molar-refractivity contribution in [3.63, 3.8) is 0 Å². The van der Waals surface area contributed by atoms with Crippen molar-refractivity contribution < 1.29 is 9.18 Å². The molecule has 18 heavy (non-hydrogen) atoms. The smallest absolute Gasteiger partial charge is 0.254 e. The number of nitrogens with one attached hydrogen (secondary N) is 1. The summed E-state index contributed by atoms with van der Waals surface area (Å²) in [4.78, 5) is 11.7. The molecule has 0 saturated carbocycles. The lowest BCUT2D eigenvalue weighted by Gasteiger charge is -2.05. The summed E-state index contributed by atoms with van der Waals surface area (Å²) in [6.45, 7) is 2.05. The van der Waals surface area contributed by atoms with Gasteiger partial charge in [0.05, 0.1) is 23.5 Å². The van der Waals surface area contributed by atoms with Crippen molar-refractivity contribution in [3.05, 3.63) is 59.2 Å². The first-order valence-electron chi connectivity index (χ1n) is 5.49. The van der Waals surface area contributed by atoms with Crippen LogP contribution in [0.5, 0.6) is 0 Å². The zero-order valence-electron chi connectivity index (χ0n) is 9.85. The number of rotatable bonds is 3. The maximum Gasteiger partial charge on any atom is 0.254 e. The van der Waals surface area contributed by atoms with Gasteiger partial charge in [-0.25, -0.2) is 4.39 Å². The minimum absolute atomic E-state index is 0.0255. The van der Waals surface area contributed by atoms with Gasteiger partial charge in [-0.05, 0) is 31.2 Å². The average molecular weight is 245 g/mol. The van der Waals surface area contributed by atoms with E-state index in [1.54, 1.807) is 18.2 Å². The molecule has 0 radical (unpaired) electrons. The van der Waals surface area contributed by atoms with Gasteiger partial charge in [0.15, 0.2) is 0 Å². The standard InChI is InChI=1S/C13H12FN3O/c1-9-6-7-10(17-16-9)8-15-13(18)11-4-2-3-5-12(11)14/h2-7H,8H2,1H3,(H,15,18). The second-order valence-corrected chi connectivity index (χ2v) is 3.83. The number of carbonyl (C=O) groups excluding carboxylic acids is 1. The van der Waals surface area contributed by atoms with E-state index in [4.69, 9.17) is 0 Å². The number of benzene rings is 1. The molecule has 1 aromatic carbocycles. The van der Waals surface area contributed by atoms with Crippen molar-refractivity contribution in [2.45, 2.75) is 13.5 Å². The Morgan fingerprint density at radius 3 is 2.67 bits per heavy atom. The first-order chi connectivity index (χ1) is 8.66. The van der Waals surface area contributed by atoms with Crippen LogP contribution in [0.1, 0.15) is 21.7 Å². The molecule has 0 spiro atoms. The molecule has 1 N–H and O–H groups in total. The van der Waals surface area contributed by atoms with Crippen molar-refractivity contribution in [1.82, 2.24) is 15.5 Å². The predicted molar refractivity (Wildman–Crippen MR) is 64.3 cm³/mol. The number of nitrogens with zero attached hydrogens (tertiary/aromatic N) is 2. The summed E-state index contributed by atoms with van der Waals surface area (Å²) in [6.07, 6.45) is 0. The molecular weight excluding hydrogens is 233 g/mol. The van der Waals surface area contributed by atoms with E-state index in [1.165, 1.54) is 18.2 Å². The van der Waals surface area contributed by atoms with Crippen molar-refractivity contribution in [2.24, 2.45) is 0 Å². The quantitative estimate of drug-likeness (QED) is 0.897. The molecular formula is C13H12FN3O. The fraction of sp³-hybridized carbons (Fsp3) is 0.154. The lowest BCUT2D eigenvalue weighted by atomic mass is 10.2. The third-order valence-electron chi connectivity index (χ3n) is 2.40. The van der Waals surface area contributed by atoms with E-state index in [9.17, 15) is 9.18 Å². The second-order valence-electron chi connectivity index (χ2n) is 3.83. The Hall–Kier alpha value is -2.30. The van der Waals surface area contributed by atoms with Gasteiger partial charge < -0.3 is 5.32 Å². The molecule has 1 heterocycles. The van der Waals surface area contributed by atoms with Crippen LogP contribution in [-0.2, 0) is 6.54 Å². The number of halogens is 1. The lowest BCUT2D eigenvalue weighted by molar-refractivity contribution is 0.0946. The minimum atomic E-state index is -0.537. The Bertz CT molecular complexity index is 554. The SMILES string of the molecule is Cc1ccc(CNC(=O)c2ccccc2F)nn1. The van der Waals surface area contributed by atoms with Gasteiger partial charge in [-0.3, -0.25) is 4.79 Å². The summed E-state index contributed by atoms with van der Waals surface area (Å²) in [7, 11) is 0. The Morgan fingerprint density at radius 2 is 2.00 bits per heavy atom. The van der Waals surface area contributed by atoms with E-state index in [1.807, 2.05) is 6.92 Å². The van der Waals surface area contributed by atoms with Crippen LogP contribution in [0.25, 0.3) is 0 Å². The Labute approximate surface area is 104 Å². The predicted octanol–water partition coefficient (Wildman–Crippen LogP) is 1.85. The highest BCUT2D eigenvalue weighted by molar-refractivity contribution is 5.94. The fourth-order valence-electron chi connectivity index (χ4n) is 1.43. The molecule has 0 unspecified atom stereocenters. The maximum atomic E-state index is 13.3. The van der Waals surface area contributed by atoms with Gasteiger partial charge in [-0.2, -0.15) is 10.2 Å². The van der Waals surface area contributed by atoms with E-state index in [2.05, 4.69) is 15.5 Å². The molecule has 1 aromatic heterocycles. The molecule has 0 aliphatic heterocycles. The summed E-state index contributed by atoms with van der Waals surface area (Å²) in [5.41, 5.74) is 1.46. The normalized spacial score (nSPS) is 10.1. The summed E-state index contributed by atoms with van der Waals surface area (Å²) in [5, 5.41) is 10.4. The Balaban J connectivity index is 2.01. The molecule has 0 aliphatic carbocycles. The number of carbonyl (C=O) groups is 1. The van der Waals surface area contributed by atoms with Gasteiger partial charge in [0.1, 0.15) is 5.82 Å². The molecule has 1 amide bonds. The van der Waals surface area contributed by atoms with Crippen LogP contribution in [0.15, 0.2) is 36.4 Å². The monoisotopic (exact) mass is 245 g/mol. The molecule has 0 fully saturated rings. The third kappa shape index (κ3) is 2.88. The van der Waals surface area contributed by atoms with Crippen LogP contribution >= 0.6 is 0 Å². The van der Waals surface area contributed by atoms with Gasteiger partial charge in [0.25, 0.3) is 5.91 Å². The van der Waals surface area contributed by atoms with Crippen LogP contribution in [0.3, 0.4) is 0 Å². The topological polar surface area (TPSA) is 54.9 Å². The number of aryl methyl sites for hydroxylation is 1. The van der Waals surface area contributed by atoms with E-state index >= 15 is 0 Å². The molecule has 2 rings (SSSR count). The highest BCUT2D eigenvalue weighted by atomic mass is 19.1. The molecule has 2 aromatic rings. The number of amides is 1. The molecule has 5 heteroatoms. The first kappa shape index (κ1) is 12.2. The van der Waals surface area contributed by atoms with Crippen molar-refractivity contribution >= 4 is 5.91 Å². The van der Waals surface area contributed by atoms with Crippen LogP contribution in [0.4, 0.5) is 4.39 Å². The van der Waals surface area contributed by atoms with E-state index < -0.39 is 11.7 Å². The van der Waals surface area contributed by atoms with E-state index in [0.717, 1.165) is 5.69 Å². The van der Waals surface area contributed by atoms with Crippen LogP contribution in [0, 0.1) is 12.7 Å². The zero-order valence-corrected chi connectivity index (χ0v) is 9.85. The number of aromatic nitrogens is 2.